The predicted molar refractivity (Wildman–Crippen MR) is 99.9 cm³/mol. The number of rotatable bonds is 4. The van der Waals surface area contributed by atoms with Crippen LogP contribution in [-0.2, 0) is 15.8 Å². The summed E-state index contributed by atoms with van der Waals surface area (Å²) >= 11 is 0. The highest BCUT2D eigenvalue weighted by Gasteiger charge is 2.33. The van der Waals surface area contributed by atoms with Crippen LogP contribution in [-0.4, -0.2) is 59.3 Å². The van der Waals surface area contributed by atoms with Crippen LogP contribution in [0, 0.1) is 0 Å². The Hall–Kier alpha value is -2.29. The average Bonchev–Trinajstić information content (AvgIpc) is 3.16. The number of imidazole rings is 1. The minimum absolute atomic E-state index is 0.0457. The van der Waals surface area contributed by atoms with Gasteiger partial charge in [-0.2, -0.15) is 4.31 Å². The summed E-state index contributed by atoms with van der Waals surface area (Å²) in [6.07, 6.45) is 5.15. The number of aromatic amines is 1. The topological polar surface area (TPSA) is 82.2 Å². The van der Waals surface area contributed by atoms with E-state index in [2.05, 4.69) is 19.9 Å². The van der Waals surface area contributed by atoms with E-state index in [4.69, 9.17) is 0 Å². The number of nitrogens with one attached hydrogen (secondary N) is 1. The van der Waals surface area contributed by atoms with E-state index >= 15 is 0 Å². The monoisotopic (exact) mass is 371 g/mol. The zero-order valence-corrected chi connectivity index (χ0v) is 15.4. The third-order valence-corrected chi connectivity index (χ3v) is 6.69. The van der Waals surface area contributed by atoms with Gasteiger partial charge in [0.05, 0.1) is 17.3 Å². The van der Waals surface area contributed by atoms with Crippen molar-refractivity contribution in [2.75, 3.05) is 26.7 Å². The van der Waals surface area contributed by atoms with E-state index in [-0.39, 0.29) is 11.8 Å². The highest BCUT2D eigenvalue weighted by Crippen LogP contribution is 2.25. The summed E-state index contributed by atoms with van der Waals surface area (Å²) in [4.78, 5) is 13.9. The highest BCUT2D eigenvalue weighted by molar-refractivity contribution is 7.88. The van der Waals surface area contributed by atoms with E-state index < -0.39 is 10.0 Å². The van der Waals surface area contributed by atoms with Crippen molar-refractivity contribution < 1.29 is 8.42 Å². The molecule has 4 rings (SSSR count). The standard InChI is InChI=1S/C18H21N5O2S/c1-22-10-11-23(12-16(22)18-20-8-9-21-18)26(24,25)13-15-5-2-4-14-6-3-7-19-17(14)15/h2-9,16H,10-13H2,1H3,(H,20,21)/t16-/m0/s1. The van der Waals surface area contributed by atoms with Crippen molar-refractivity contribution in [3.05, 3.63) is 60.3 Å². The van der Waals surface area contributed by atoms with Crippen molar-refractivity contribution in [3.63, 3.8) is 0 Å². The Labute approximate surface area is 152 Å². The molecule has 0 aliphatic carbocycles. The van der Waals surface area contributed by atoms with E-state index in [0.717, 1.165) is 22.3 Å². The molecule has 1 atom stereocenters. The second-order valence-electron chi connectivity index (χ2n) is 6.58. The molecule has 1 aliphatic heterocycles. The normalized spacial score (nSPS) is 19.8. The number of aromatic nitrogens is 3. The second-order valence-corrected chi connectivity index (χ2v) is 8.55. The fraction of sp³-hybridized carbons (Fsp3) is 0.333. The smallest absolute Gasteiger partial charge is 0.218 e. The molecule has 3 aromatic rings. The lowest BCUT2D eigenvalue weighted by molar-refractivity contribution is 0.142. The Morgan fingerprint density at radius 2 is 2.00 bits per heavy atom. The number of piperazine rings is 1. The molecular formula is C18H21N5O2S. The van der Waals surface area contributed by atoms with E-state index in [1.165, 1.54) is 0 Å². The van der Waals surface area contributed by atoms with Gasteiger partial charge in [0.1, 0.15) is 5.82 Å². The van der Waals surface area contributed by atoms with E-state index in [0.29, 0.717) is 19.6 Å². The Balaban J connectivity index is 1.60. The molecular weight excluding hydrogens is 350 g/mol. The average molecular weight is 371 g/mol. The third-order valence-electron chi connectivity index (χ3n) is 4.89. The van der Waals surface area contributed by atoms with Crippen LogP contribution in [0.3, 0.4) is 0 Å². The molecule has 136 valence electrons. The fourth-order valence-electron chi connectivity index (χ4n) is 3.43. The van der Waals surface area contributed by atoms with Crippen LogP contribution in [0.5, 0.6) is 0 Å². The number of sulfonamides is 1. The maximum Gasteiger partial charge on any atom is 0.218 e. The number of nitrogens with zero attached hydrogens (tertiary/aromatic N) is 4. The first kappa shape index (κ1) is 17.1. The first-order valence-electron chi connectivity index (χ1n) is 8.54. The van der Waals surface area contributed by atoms with E-state index in [1.54, 1.807) is 22.9 Å². The van der Waals surface area contributed by atoms with Crippen LogP contribution in [0.4, 0.5) is 0 Å². The molecule has 1 aromatic carbocycles. The van der Waals surface area contributed by atoms with Crippen molar-refractivity contribution in [2.24, 2.45) is 0 Å². The lowest BCUT2D eigenvalue weighted by atomic mass is 10.1. The van der Waals surface area contributed by atoms with Crippen molar-refractivity contribution in [3.8, 4) is 0 Å². The van der Waals surface area contributed by atoms with Gasteiger partial charge in [-0.25, -0.2) is 13.4 Å². The summed E-state index contributed by atoms with van der Waals surface area (Å²) < 4.78 is 27.7. The molecule has 1 N–H and O–H groups in total. The number of likely N-dealkylation sites (N-methyl/N-ethyl adjacent to an activating group) is 1. The Morgan fingerprint density at radius 3 is 2.81 bits per heavy atom. The summed E-state index contributed by atoms with van der Waals surface area (Å²) in [5.41, 5.74) is 1.48. The number of hydrogen-bond donors (Lipinski definition) is 1. The largest absolute Gasteiger partial charge is 0.347 e. The van der Waals surface area contributed by atoms with Crippen molar-refractivity contribution in [1.82, 2.24) is 24.2 Å². The minimum Gasteiger partial charge on any atom is -0.347 e. The molecule has 1 fully saturated rings. The Kier molecular flexibility index (Phi) is 4.47. The lowest BCUT2D eigenvalue weighted by Gasteiger charge is -2.37. The van der Waals surface area contributed by atoms with Gasteiger partial charge in [0.15, 0.2) is 0 Å². The molecule has 0 spiro atoms. The number of hydrogen-bond acceptors (Lipinski definition) is 5. The Bertz CT molecular complexity index is 998. The molecule has 1 saturated heterocycles. The van der Waals surface area contributed by atoms with Gasteiger partial charge in [0, 0.05) is 43.6 Å². The van der Waals surface area contributed by atoms with E-state index in [1.807, 2.05) is 37.4 Å². The maximum atomic E-state index is 13.1. The van der Waals surface area contributed by atoms with Crippen LogP contribution in [0.2, 0.25) is 0 Å². The molecule has 0 saturated carbocycles. The first-order valence-corrected chi connectivity index (χ1v) is 10.2. The number of para-hydroxylation sites is 1. The van der Waals surface area contributed by atoms with Gasteiger partial charge >= 0.3 is 0 Å². The molecule has 0 radical (unpaired) electrons. The van der Waals surface area contributed by atoms with Crippen LogP contribution in [0.1, 0.15) is 17.4 Å². The zero-order chi connectivity index (χ0) is 18.1. The molecule has 1 aliphatic rings. The summed E-state index contributed by atoms with van der Waals surface area (Å²) in [7, 11) is -1.46. The van der Waals surface area contributed by atoms with Gasteiger partial charge in [-0.1, -0.05) is 24.3 Å². The maximum absolute atomic E-state index is 13.1. The number of fused-ring (bicyclic) bond motifs is 1. The summed E-state index contributed by atoms with van der Waals surface area (Å²) in [5, 5.41) is 0.951. The summed E-state index contributed by atoms with van der Waals surface area (Å²) in [6.45, 7) is 1.54. The van der Waals surface area contributed by atoms with Gasteiger partial charge in [-0.05, 0) is 18.7 Å². The molecule has 3 heterocycles. The molecule has 0 bridgehead atoms. The van der Waals surface area contributed by atoms with Crippen LogP contribution >= 0.6 is 0 Å². The molecule has 7 nitrogen and oxygen atoms in total. The van der Waals surface area contributed by atoms with Gasteiger partial charge < -0.3 is 4.98 Å². The molecule has 8 heteroatoms. The van der Waals surface area contributed by atoms with Crippen molar-refractivity contribution >= 4 is 20.9 Å². The fourth-order valence-corrected chi connectivity index (χ4v) is 4.96. The van der Waals surface area contributed by atoms with Crippen molar-refractivity contribution in [2.45, 2.75) is 11.8 Å². The number of benzene rings is 1. The van der Waals surface area contributed by atoms with Crippen molar-refractivity contribution in [1.29, 1.82) is 0 Å². The number of pyridine rings is 1. The predicted octanol–water partition coefficient (Wildman–Crippen LogP) is 1.78. The van der Waals surface area contributed by atoms with E-state index in [9.17, 15) is 8.42 Å². The quantitative estimate of drug-likeness (QED) is 0.756. The van der Waals surface area contributed by atoms with Gasteiger partial charge in [-0.3, -0.25) is 9.88 Å². The Morgan fingerprint density at radius 1 is 1.15 bits per heavy atom. The third kappa shape index (κ3) is 3.23. The van der Waals surface area contributed by atoms with Crippen LogP contribution in [0.25, 0.3) is 10.9 Å². The summed E-state index contributed by atoms with van der Waals surface area (Å²) in [6, 6.07) is 9.40. The highest BCUT2D eigenvalue weighted by atomic mass is 32.2. The van der Waals surface area contributed by atoms with Crippen LogP contribution in [0.15, 0.2) is 48.9 Å². The number of H-pyrrole nitrogens is 1. The molecule has 0 amide bonds. The van der Waals surface area contributed by atoms with Gasteiger partial charge in [0.2, 0.25) is 10.0 Å². The SMILES string of the molecule is CN1CCN(S(=O)(=O)Cc2cccc3cccnc23)C[C@H]1c1ncc[nH]1. The van der Waals surface area contributed by atoms with Crippen LogP contribution < -0.4 is 0 Å². The zero-order valence-electron chi connectivity index (χ0n) is 14.5. The molecule has 2 aromatic heterocycles. The molecule has 26 heavy (non-hydrogen) atoms. The lowest BCUT2D eigenvalue weighted by Crippen LogP contribution is -2.49. The minimum atomic E-state index is -3.45. The second kappa shape index (κ2) is 6.79. The van der Waals surface area contributed by atoms with Gasteiger partial charge in [-0.15, -0.1) is 0 Å². The molecule has 0 unspecified atom stereocenters. The van der Waals surface area contributed by atoms with Gasteiger partial charge in [0.25, 0.3) is 0 Å². The first-order chi connectivity index (χ1) is 12.5. The summed E-state index contributed by atoms with van der Waals surface area (Å²) in [5.74, 6) is 0.745.